The lowest BCUT2D eigenvalue weighted by Gasteiger charge is -1.97. The summed E-state index contributed by atoms with van der Waals surface area (Å²) in [6.45, 7) is 0. The van der Waals surface area contributed by atoms with E-state index in [0.717, 1.165) is 0 Å². The van der Waals surface area contributed by atoms with Crippen molar-refractivity contribution in [1.29, 1.82) is 0 Å². The second-order valence-corrected chi connectivity index (χ2v) is 2.17. The van der Waals surface area contributed by atoms with Gasteiger partial charge in [0.2, 0.25) is 0 Å². The molecule has 0 aromatic carbocycles. The van der Waals surface area contributed by atoms with Crippen molar-refractivity contribution in [3.63, 3.8) is 0 Å². The zero-order valence-corrected chi connectivity index (χ0v) is 5.73. The zero-order valence-electron chi connectivity index (χ0n) is 4.57. The van der Waals surface area contributed by atoms with Gasteiger partial charge in [-0.15, -0.1) is 0 Å². The third-order valence-corrected chi connectivity index (χ3v) is 1.54. The first-order valence-electron chi connectivity index (χ1n) is 2.33. The topological polar surface area (TPSA) is 53.4 Å². The molecule has 1 aromatic rings. The first kappa shape index (κ1) is 6.30. The summed E-state index contributed by atoms with van der Waals surface area (Å²) in [6, 6.07) is 0. The molecule has 9 heavy (non-hydrogen) atoms. The highest BCUT2D eigenvalue weighted by atomic mass is 31.0. The van der Waals surface area contributed by atoms with Gasteiger partial charge < -0.3 is 10.2 Å². The van der Waals surface area contributed by atoms with Crippen LogP contribution in [0.4, 0.5) is 0 Å². The Kier molecular flexibility index (Phi) is 1.54. The lowest BCUT2D eigenvalue weighted by atomic mass is 10.4. The summed E-state index contributed by atoms with van der Waals surface area (Å²) in [4.78, 5) is 3.53. The van der Waals surface area contributed by atoms with Crippen LogP contribution in [0.5, 0.6) is 11.5 Å². The van der Waals surface area contributed by atoms with Gasteiger partial charge in [-0.25, -0.2) is 0 Å². The SMILES string of the molecule is Oc1cncc(O)c1P. The first-order valence-corrected chi connectivity index (χ1v) is 2.91. The van der Waals surface area contributed by atoms with Crippen molar-refractivity contribution >= 4 is 14.5 Å². The van der Waals surface area contributed by atoms with Crippen LogP contribution in [0.25, 0.3) is 0 Å². The predicted octanol–water partition coefficient (Wildman–Crippen LogP) is -0.00680. The largest absolute Gasteiger partial charge is 0.506 e. The van der Waals surface area contributed by atoms with Gasteiger partial charge in [0.1, 0.15) is 11.5 Å². The number of rotatable bonds is 0. The fraction of sp³-hybridized carbons (Fsp3) is 0. The van der Waals surface area contributed by atoms with Crippen LogP contribution >= 0.6 is 9.24 Å². The second kappa shape index (κ2) is 2.19. The van der Waals surface area contributed by atoms with E-state index < -0.39 is 0 Å². The molecule has 0 amide bonds. The lowest BCUT2D eigenvalue weighted by Crippen LogP contribution is -1.92. The highest BCUT2D eigenvalue weighted by Gasteiger charge is 1.98. The van der Waals surface area contributed by atoms with Crippen molar-refractivity contribution < 1.29 is 10.2 Å². The van der Waals surface area contributed by atoms with Gasteiger partial charge in [-0.2, -0.15) is 0 Å². The molecular weight excluding hydrogens is 137 g/mol. The Morgan fingerprint density at radius 3 is 2.00 bits per heavy atom. The Balaban J connectivity index is 3.25. The Morgan fingerprint density at radius 1 is 1.22 bits per heavy atom. The summed E-state index contributed by atoms with van der Waals surface area (Å²) in [6.07, 6.45) is 2.53. The van der Waals surface area contributed by atoms with Gasteiger partial charge in [-0.1, -0.05) is 9.24 Å². The molecule has 0 saturated carbocycles. The van der Waals surface area contributed by atoms with E-state index in [4.69, 9.17) is 10.2 Å². The third-order valence-electron chi connectivity index (χ3n) is 0.946. The van der Waals surface area contributed by atoms with Gasteiger partial charge in [-0.05, 0) is 0 Å². The molecule has 1 aromatic heterocycles. The van der Waals surface area contributed by atoms with E-state index in [-0.39, 0.29) is 11.5 Å². The van der Waals surface area contributed by atoms with Crippen molar-refractivity contribution in [2.24, 2.45) is 0 Å². The molecule has 0 saturated heterocycles. The van der Waals surface area contributed by atoms with Crippen molar-refractivity contribution in [1.82, 2.24) is 4.98 Å². The molecule has 0 aliphatic carbocycles. The van der Waals surface area contributed by atoms with Crippen LogP contribution < -0.4 is 5.30 Å². The summed E-state index contributed by atoms with van der Waals surface area (Å²) >= 11 is 0. The number of hydrogen-bond donors (Lipinski definition) is 2. The minimum absolute atomic E-state index is 0.0139. The van der Waals surface area contributed by atoms with Crippen LogP contribution in [0.3, 0.4) is 0 Å². The fourth-order valence-electron chi connectivity index (χ4n) is 0.449. The minimum atomic E-state index is -0.0139. The molecule has 4 heteroatoms. The van der Waals surface area contributed by atoms with Crippen LogP contribution in [0.15, 0.2) is 12.4 Å². The van der Waals surface area contributed by atoms with E-state index in [2.05, 4.69) is 14.2 Å². The summed E-state index contributed by atoms with van der Waals surface area (Å²) < 4.78 is 0. The van der Waals surface area contributed by atoms with Gasteiger partial charge in [-0.3, -0.25) is 4.98 Å². The smallest absolute Gasteiger partial charge is 0.144 e. The van der Waals surface area contributed by atoms with Gasteiger partial charge in [0.15, 0.2) is 0 Å². The summed E-state index contributed by atoms with van der Waals surface area (Å²) in [7, 11) is 2.20. The molecule has 3 nitrogen and oxygen atoms in total. The maximum atomic E-state index is 8.86. The molecule has 0 bridgehead atoms. The molecule has 1 heterocycles. The molecule has 0 radical (unpaired) electrons. The van der Waals surface area contributed by atoms with Crippen molar-refractivity contribution in [3.8, 4) is 11.5 Å². The molecule has 1 atom stereocenters. The summed E-state index contributed by atoms with van der Waals surface area (Å²) in [5.74, 6) is -0.0278. The summed E-state index contributed by atoms with van der Waals surface area (Å²) in [5, 5.41) is 18.1. The molecule has 1 rings (SSSR count). The van der Waals surface area contributed by atoms with Crippen molar-refractivity contribution in [2.45, 2.75) is 0 Å². The van der Waals surface area contributed by atoms with Crippen LogP contribution in [0.1, 0.15) is 0 Å². The highest BCUT2D eigenvalue weighted by molar-refractivity contribution is 7.28. The van der Waals surface area contributed by atoms with E-state index >= 15 is 0 Å². The number of hydrogen-bond acceptors (Lipinski definition) is 3. The minimum Gasteiger partial charge on any atom is -0.506 e. The van der Waals surface area contributed by atoms with E-state index in [1.807, 2.05) is 0 Å². The lowest BCUT2D eigenvalue weighted by molar-refractivity contribution is 0.454. The maximum absolute atomic E-state index is 8.86. The number of pyridine rings is 1. The second-order valence-electron chi connectivity index (χ2n) is 1.59. The van der Waals surface area contributed by atoms with E-state index in [0.29, 0.717) is 5.30 Å². The normalized spacial score (nSPS) is 9.44. The van der Waals surface area contributed by atoms with Crippen LogP contribution in [-0.4, -0.2) is 15.2 Å². The van der Waals surface area contributed by atoms with Gasteiger partial charge in [0.25, 0.3) is 0 Å². The Bertz CT molecular complexity index is 206. The van der Waals surface area contributed by atoms with E-state index in [9.17, 15) is 0 Å². The molecule has 0 aliphatic heterocycles. The van der Waals surface area contributed by atoms with E-state index in [1.165, 1.54) is 12.4 Å². The van der Waals surface area contributed by atoms with Gasteiger partial charge in [0.05, 0.1) is 17.7 Å². The molecular formula is C5H6NO2P. The Labute approximate surface area is 54.6 Å². The van der Waals surface area contributed by atoms with Crippen LogP contribution in [0, 0.1) is 0 Å². The summed E-state index contributed by atoms with van der Waals surface area (Å²) in [5.41, 5.74) is 0. The fourth-order valence-corrected chi connectivity index (χ4v) is 0.598. The molecule has 2 N–H and O–H groups in total. The molecule has 1 unspecified atom stereocenters. The van der Waals surface area contributed by atoms with Crippen molar-refractivity contribution in [2.75, 3.05) is 0 Å². The third kappa shape index (κ3) is 1.11. The molecule has 0 spiro atoms. The predicted molar refractivity (Wildman–Crippen MR) is 36.9 cm³/mol. The zero-order chi connectivity index (χ0) is 6.85. The van der Waals surface area contributed by atoms with Crippen LogP contribution in [-0.2, 0) is 0 Å². The van der Waals surface area contributed by atoms with Crippen molar-refractivity contribution in [3.05, 3.63) is 12.4 Å². The quantitative estimate of drug-likeness (QED) is 0.502. The average Bonchev–Trinajstić information content (AvgIpc) is 1.83. The number of aromatic hydroxyl groups is 2. The van der Waals surface area contributed by atoms with Gasteiger partial charge in [0, 0.05) is 0 Å². The number of aromatic nitrogens is 1. The molecule has 48 valence electrons. The Morgan fingerprint density at radius 2 is 1.67 bits per heavy atom. The van der Waals surface area contributed by atoms with E-state index in [1.54, 1.807) is 0 Å². The number of nitrogens with zero attached hydrogens (tertiary/aromatic N) is 1. The monoisotopic (exact) mass is 143 g/mol. The van der Waals surface area contributed by atoms with Gasteiger partial charge >= 0.3 is 0 Å². The Hall–Kier alpha value is -0.820. The standard InChI is InChI=1S/C5H6NO2P/c7-3-1-6-2-4(8)5(3)9/h1-2,7-8H,9H2. The average molecular weight is 143 g/mol. The van der Waals surface area contributed by atoms with Crippen LogP contribution in [0.2, 0.25) is 0 Å². The highest BCUT2D eigenvalue weighted by Crippen LogP contribution is 2.14. The first-order chi connectivity index (χ1) is 4.22. The molecule has 0 fully saturated rings. The maximum Gasteiger partial charge on any atom is 0.144 e. The molecule has 0 aliphatic rings.